The van der Waals surface area contributed by atoms with E-state index in [1.165, 1.54) is 47.4 Å². The molecule has 2 heterocycles. The van der Waals surface area contributed by atoms with Gasteiger partial charge in [0, 0.05) is 35.7 Å². The quantitative estimate of drug-likeness (QED) is 0.155. The molecule has 4 rings (SSSR count). The number of nitro benzene ring substituents is 1. The van der Waals surface area contributed by atoms with Crippen molar-refractivity contribution in [2.75, 3.05) is 11.1 Å². The highest BCUT2D eigenvalue weighted by atomic mass is 32.2. The summed E-state index contributed by atoms with van der Waals surface area (Å²) in [7, 11) is 1.76. The number of hydrogen-bond donors (Lipinski definition) is 2. The number of nitro groups is 1. The van der Waals surface area contributed by atoms with E-state index in [-0.39, 0.29) is 28.8 Å². The molecule has 0 aliphatic carbocycles. The number of aryl methyl sites for hydroxylation is 1. The van der Waals surface area contributed by atoms with Crippen LogP contribution in [-0.2, 0) is 11.8 Å². The van der Waals surface area contributed by atoms with Crippen molar-refractivity contribution in [3.05, 3.63) is 81.0 Å². The lowest BCUT2D eigenvalue weighted by Crippen LogP contribution is -2.33. The molecule has 0 bridgehead atoms. The predicted octanol–water partition coefficient (Wildman–Crippen LogP) is 5.01. The van der Waals surface area contributed by atoms with Crippen molar-refractivity contribution in [3.8, 4) is 11.3 Å². The third-order valence-corrected chi connectivity index (χ3v) is 7.63. The standard InChI is InChI=1S/C26H27N7O4S2/c1-15(2)22(29-24(35)18-6-5-7-19(12-18)33(36)37)23-30-31-26(32(23)4)39-14-21(34)28-25-27-20(13-38-25)17-10-8-16(3)9-11-17/h5-13,15,22H,14H2,1-4H3,(H,29,35)(H,27,28,34). The van der Waals surface area contributed by atoms with E-state index < -0.39 is 16.9 Å². The van der Waals surface area contributed by atoms with Gasteiger partial charge in [-0.2, -0.15) is 0 Å². The maximum absolute atomic E-state index is 12.9. The topological polar surface area (TPSA) is 145 Å². The first-order valence-corrected chi connectivity index (χ1v) is 13.9. The van der Waals surface area contributed by atoms with E-state index in [1.54, 1.807) is 11.6 Å². The fraction of sp³-hybridized carbons (Fsp3) is 0.269. The number of nitrogens with zero attached hydrogens (tertiary/aromatic N) is 5. The first-order valence-electron chi connectivity index (χ1n) is 12.0. The largest absolute Gasteiger partial charge is 0.342 e. The first-order chi connectivity index (χ1) is 18.6. The highest BCUT2D eigenvalue weighted by Crippen LogP contribution is 2.27. The Morgan fingerprint density at radius 2 is 1.90 bits per heavy atom. The van der Waals surface area contributed by atoms with Crippen LogP contribution < -0.4 is 10.6 Å². The maximum Gasteiger partial charge on any atom is 0.270 e. The summed E-state index contributed by atoms with van der Waals surface area (Å²) >= 11 is 2.57. The number of amides is 2. The minimum absolute atomic E-state index is 0.0516. The highest BCUT2D eigenvalue weighted by molar-refractivity contribution is 7.99. The Labute approximate surface area is 233 Å². The lowest BCUT2D eigenvalue weighted by atomic mass is 10.0. The van der Waals surface area contributed by atoms with Gasteiger partial charge in [0.15, 0.2) is 16.1 Å². The van der Waals surface area contributed by atoms with Crippen LogP contribution in [0.1, 0.15) is 41.6 Å². The molecule has 2 aromatic carbocycles. The number of carbonyl (C=O) groups excluding carboxylic acids is 2. The van der Waals surface area contributed by atoms with Crippen molar-refractivity contribution in [3.63, 3.8) is 0 Å². The Bertz CT molecular complexity index is 1500. The highest BCUT2D eigenvalue weighted by Gasteiger charge is 2.26. The first kappa shape index (κ1) is 27.9. The van der Waals surface area contributed by atoms with Crippen LogP contribution >= 0.6 is 23.1 Å². The van der Waals surface area contributed by atoms with Gasteiger partial charge in [0.05, 0.1) is 22.4 Å². The number of nitrogens with one attached hydrogen (secondary N) is 2. The van der Waals surface area contributed by atoms with Crippen molar-refractivity contribution in [1.82, 2.24) is 25.1 Å². The zero-order valence-electron chi connectivity index (χ0n) is 21.7. The number of aromatic nitrogens is 4. The van der Waals surface area contributed by atoms with E-state index in [9.17, 15) is 19.7 Å². The zero-order valence-corrected chi connectivity index (χ0v) is 23.4. The van der Waals surface area contributed by atoms with Gasteiger partial charge >= 0.3 is 0 Å². The van der Waals surface area contributed by atoms with Crippen LogP contribution in [0.3, 0.4) is 0 Å². The van der Waals surface area contributed by atoms with Crippen molar-refractivity contribution in [2.24, 2.45) is 13.0 Å². The molecule has 0 fully saturated rings. The molecule has 0 aliphatic rings. The molecule has 0 saturated carbocycles. The van der Waals surface area contributed by atoms with Gasteiger partial charge in [-0.05, 0) is 18.9 Å². The zero-order chi connectivity index (χ0) is 28.1. The number of thioether (sulfide) groups is 1. The minimum atomic E-state index is -0.545. The van der Waals surface area contributed by atoms with Crippen molar-refractivity contribution in [2.45, 2.75) is 32.0 Å². The van der Waals surface area contributed by atoms with Crippen molar-refractivity contribution >= 4 is 45.7 Å². The lowest BCUT2D eigenvalue weighted by molar-refractivity contribution is -0.384. The average Bonchev–Trinajstić information content (AvgIpc) is 3.52. The summed E-state index contributed by atoms with van der Waals surface area (Å²) in [5.74, 6) is -0.132. The smallest absolute Gasteiger partial charge is 0.270 e. The number of rotatable bonds is 10. The van der Waals surface area contributed by atoms with Gasteiger partial charge in [0.1, 0.15) is 0 Å². The monoisotopic (exact) mass is 565 g/mol. The van der Waals surface area contributed by atoms with E-state index in [0.717, 1.165) is 16.8 Å². The molecule has 0 saturated heterocycles. The van der Waals surface area contributed by atoms with Crippen LogP contribution in [0, 0.1) is 23.0 Å². The molecule has 1 atom stereocenters. The number of carbonyl (C=O) groups is 2. The number of non-ortho nitro benzene ring substituents is 1. The number of hydrogen-bond acceptors (Lipinski definition) is 9. The van der Waals surface area contributed by atoms with Crippen LogP contribution in [0.4, 0.5) is 10.8 Å². The van der Waals surface area contributed by atoms with Crippen LogP contribution in [0.25, 0.3) is 11.3 Å². The molecule has 4 aromatic rings. The minimum Gasteiger partial charge on any atom is -0.342 e. The summed E-state index contributed by atoms with van der Waals surface area (Å²) in [5.41, 5.74) is 2.96. The van der Waals surface area contributed by atoms with Crippen molar-refractivity contribution < 1.29 is 14.5 Å². The van der Waals surface area contributed by atoms with Gasteiger partial charge in [0.25, 0.3) is 11.6 Å². The van der Waals surface area contributed by atoms with E-state index in [2.05, 4.69) is 25.8 Å². The number of thiazole rings is 1. The molecular formula is C26H27N7O4S2. The summed E-state index contributed by atoms with van der Waals surface area (Å²) in [4.78, 5) is 40.5. The Balaban J connectivity index is 1.38. The van der Waals surface area contributed by atoms with E-state index in [4.69, 9.17) is 0 Å². The fourth-order valence-electron chi connectivity index (χ4n) is 3.71. The molecule has 1 unspecified atom stereocenters. The van der Waals surface area contributed by atoms with Gasteiger partial charge < -0.3 is 15.2 Å². The molecule has 0 radical (unpaired) electrons. The van der Waals surface area contributed by atoms with E-state index >= 15 is 0 Å². The summed E-state index contributed by atoms with van der Waals surface area (Å²) in [6.45, 7) is 5.87. The van der Waals surface area contributed by atoms with E-state index in [0.29, 0.717) is 16.1 Å². The van der Waals surface area contributed by atoms with Crippen LogP contribution in [0.5, 0.6) is 0 Å². The third kappa shape index (κ3) is 6.86. The maximum atomic E-state index is 12.9. The second-order valence-electron chi connectivity index (χ2n) is 9.14. The third-order valence-electron chi connectivity index (χ3n) is 5.85. The SMILES string of the molecule is Cc1ccc(-c2csc(NC(=O)CSc3nnc(C(NC(=O)c4cccc([N+](=O)[O-])c4)C(C)C)n3C)n2)cc1. The Kier molecular flexibility index (Phi) is 8.72. The van der Waals surface area contributed by atoms with Crippen LogP contribution in [0.2, 0.25) is 0 Å². The Morgan fingerprint density at radius 3 is 2.59 bits per heavy atom. The molecule has 2 amide bonds. The fourth-order valence-corrected chi connectivity index (χ4v) is 5.16. The van der Waals surface area contributed by atoms with Gasteiger partial charge in [-0.3, -0.25) is 19.7 Å². The summed E-state index contributed by atoms with van der Waals surface area (Å²) in [5, 5.41) is 28.2. The molecule has 202 valence electrons. The van der Waals surface area contributed by atoms with Gasteiger partial charge in [-0.15, -0.1) is 21.5 Å². The summed E-state index contributed by atoms with van der Waals surface area (Å²) < 4.78 is 1.73. The number of benzene rings is 2. The molecule has 2 N–H and O–H groups in total. The van der Waals surface area contributed by atoms with Gasteiger partial charge in [-0.25, -0.2) is 4.98 Å². The van der Waals surface area contributed by atoms with Gasteiger partial charge in [-0.1, -0.05) is 61.5 Å². The van der Waals surface area contributed by atoms with Crippen molar-refractivity contribution in [1.29, 1.82) is 0 Å². The lowest BCUT2D eigenvalue weighted by Gasteiger charge is -2.21. The second kappa shape index (κ2) is 12.2. The normalized spacial score (nSPS) is 11.8. The van der Waals surface area contributed by atoms with Crippen LogP contribution in [-0.4, -0.2) is 42.2 Å². The van der Waals surface area contributed by atoms with Crippen LogP contribution in [0.15, 0.2) is 59.1 Å². The Hall–Kier alpha value is -4.10. The molecule has 13 heteroatoms. The molecule has 2 aromatic heterocycles. The van der Waals surface area contributed by atoms with Gasteiger partial charge in [0.2, 0.25) is 5.91 Å². The van der Waals surface area contributed by atoms with E-state index in [1.807, 2.05) is 50.4 Å². The summed E-state index contributed by atoms with van der Waals surface area (Å²) in [6, 6.07) is 13.1. The molecule has 0 spiro atoms. The number of anilines is 1. The molecule has 39 heavy (non-hydrogen) atoms. The average molecular weight is 566 g/mol. The Morgan fingerprint density at radius 1 is 1.15 bits per heavy atom. The molecule has 0 aliphatic heterocycles. The predicted molar refractivity (Wildman–Crippen MR) is 151 cm³/mol. The molecular weight excluding hydrogens is 538 g/mol. The summed E-state index contributed by atoms with van der Waals surface area (Å²) in [6.07, 6.45) is 0. The molecule has 11 nitrogen and oxygen atoms in total. The second-order valence-corrected chi connectivity index (χ2v) is 10.9.